The molecule has 2 heterocycles. The number of hydrogen-bond acceptors (Lipinski definition) is 5. The van der Waals surface area contributed by atoms with E-state index in [9.17, 15) is 0 Å². The van der Waals surface area contributed by atoms with Crippen molar-refractivity contribution in [2.24, 2.45) is 7.05 Å². The van der Waals surface area contributed by atoms with Gasteiger partial charge in [0, 0.05) is 25.1 Å². The number of rotatable bonds is 4. The Morgan fingerprint density at radius 1 is 1.30 bits per heavy atom. The van der Waals surface area contributed by atoms with E-state index in [4.69, 9.17) is 4.74 Å². The van der Waals surface area contributed by atoms with Gasteiger partial charge in [-0.2, -0.15) is 10.1 Å². The molecule has 0 saturated carbocycles. The average molecular weight is 275 g/mol. The molecule has 2 aromatic heterocycles. The Balaban J connectivity index is 2.33. The summed E-state index contributed by atoms with van der Waals surface area (Å²) in [5, 5.41) is 7.27. The van der Waals surface area contributed by atoms with Gasteiger partial charge in [-0.25, -0.2) is 4.98 Å². The fourth-order valence-corrected chi connectivity index (χ4v) is 1.66. The summed E-state index contributed by atoms with van der Waals surface area (Å²) >= 11 is 0. The standard InChI is InChI=1S/C14H21N5O/c1-6-15-11-7-12(18-13(17-11)14(2,3)4)20-10-8-16-19(5)9-10/h7-9H,6H2,1-5H3,(H,15,17,18). The molecule has 0 aliphatic carbocycles. The lowest BCUT2D eigenvalue weighted by atomic mass is 9.96. The Labute approximate surface area is 119 Å². The van der Waals surface area contributed by atoms with E-state index in [-0.39, 0.29) is 5.41 Å². The molecule has 1 N–H and O–H groups in total. The van der Waals surface area contributed by atoms with Crippen LogP contribution in [0.25, 0.3) is 0 Å². The van der Waals surface area contributed by atoms with E-state index in [1.807, 2.05) is 14.0 Å². The number of aryl methyl sites for hydroxylation is 1. The van der Waals surface area contributed by atoms with E-state index >= 15 is 0 Å². The number of ether oxygens (including phenoxy) is 1. The summed E-state index contributed by atoms with van der Waals surface area (Å²) in [6, 6.07) is 1.80. The van der Waals surface area contributed by atoms with Gasteiger partial charge in [-0.15, -0.1) is 0 Å². The molecule has 0 aliphatic heterocycles. The van der Waals surface area contributed by atoms with E-state index in [2.05, 4.69) is 41.2 Å². The van der Waals surface area contributed by atoms with Crippen molar-refractivity contribution >= 4 is 5.82 Å². The molecular weight excluding hydrogens is 254 g/mol. The quantitative estimate of drug-likeness (QED) is 0.929. The molecule has 2 rings (SSSR count). The molecule has 6 heteroatoms. The Hall–Kier alpha value is -2.11. The lowest BCUT2D eigenvalue weighted by Crippen LogP contribution is -2.17. The monoisotopic (exact) mass is 275 g/mol. The maximum absolute atomic E-state index is 5.75. The summed E-state index contributed by atoms with van der Waals surface area (Å²) < 4.78 is 7.43. The number of anilines is 1. The van der Waals surface area contributed by atoms with Gasteiger partial charge in [-0.05, 0) is 6.92 Å². The molecule has 0 unspecified atom stereocenters. The van der Waals surface area contributed by atoms with E-state index in [1.54, 1.807) is 23.1 Å². The smallest absolute Gasteiger partial charge is 0.224 e. The van der Waals surface area contributed by atoms with E-state index in [0.29, 0.717) is 11.6 Å². The molecule has 0 amide bonds. The second-order valence-electron chi connectivity index (χ2n) is 5.65. The molecule has 0 aliphatic rings. The van der Waals surface area contributed by atoms with Crippen LogP contribution < -0.4 is 10.1 Å². The molecule has 0 atom stereocenters. The Bertz CT molecular complexity index is 585. The van der Waals surface area contributed by atoms with Gasteiger partial charge in [0.25, 0.3) is 0 Å². The molecule has 0 fully saturated rings. The third-order valence-corrected chi connectivity index (χ3v) is 2.63. The molecule has 0 bridgehead atoms. The Morgan fingerprint density at radius 2 is 2.05 bits per heavy atom. The highest BCUT2D eigenvalue weighted by Crippen LogP contribution is 2.26. The van der Waals surface area contributed by atoms with Crippen LogP contribution in [-0.2, 0) is 12.5 Å². The van der Waals surface area contributed by atoms with Gasteiger partial charge in [-0.3, -0.25) is 4.68 Å². The van der Waals surface area contributed by atoms with Crippen LogP contribution in [0, 0.1) is 0 Å². The second-order valence-corrected chi connectivity index (χ2v) is 5.65. The summed E-state index contributed by atoms with van der Waals surface area (Å²) in [6.45, 7) is 9.05. The summed E-state index contributed by atoms with van der Waals surface area (Å²) in [6.07, 6.45) is 3.46. The van der Waals surface area contributed by atoms with Crippen molar-refractivity contribution in [3.63, 3.8) is 0 Å². The average Bonchev–Trinajstić information content (AvgIpc) is 2.74. The van der Waals surface area contributed by atoms with Gasteiger partial charge >= 0.3 is 0 Å². The zero-order valence-electron chi connectivity index (χ0n) is 12.6. The van der Waals surface area contributed by atoms with Crippen LogP contribution in [0.5, 0.6) is 11.6 Å². The molecule has 0 spiro atoms. The van der Waals surface area contributed by atoms with E-state index < -0.39 is 0 Å². The van der Waals surface area contributed by atoms with Crippen molar-refractivity contribution < 1.29 is 4.74 Å². The maximum Gasteiger partial charge on any atom is 0.224 e. The number of aromatic nitrogens is 4. The normalized spacial score (nSPS) is 11.4. The first-order valence-corrected chi connectivity index (χ1v) is 6.68. The van der Waals surface area contributed by atoms with Crippen molar-refractivity contribution in [2.45, 2.75) is 33.1 Å². The summed E-state index contributed by atoms with van der Waals surface area (Å²) in [7, 11) is 1.84. The zero-order chi connectivity index (χ0) is 14.8. The van der Waals surface area contributed by atoms with Gasteiger partial charge in [0.15, 0.2) is 5.75 Å². The third kappa shape index (κ3) is 3.46. The predicted octanol–water partition coefficient (Wildman–Crippen LogP) is 2.73. The molecule has 0 saturated heterocycles. The molecule has 0 radical (unpaired) electrons. The predicted molar refractivity (Wildman–Crippen MR) is 78.2 cm³/mol. The SMILES string of the molecule is CCNc1cc(Oc2cnn(C)c2)nc(C(C)(C)C)n1. The fourth-order valence-electron chi connectivity index (χ4n) is 1.66. The summed E-state index contributed by atoms with van der Waals surface area (Å²) in [5.41, 5.74) is -0.140. The van der Waals surface area contributed by atoms with Crippen LogP contribution >= 0.6 is 0 Å². The van der Waals surface area contributed by atoms with Gasteiger partial charge in [-0.1, -0.05) is 20.8 Å². The highest BCUT2D eigenvalue weighted by Gasteiger charge is 2.19. The lowest BCUT2D eigenvalue weighted by Gasteiger charge is -2.18. The van der Waals surface area contributed by atoms with Crippen LogP contribution in [0.1, 0.15) is 33.5 Å². The van der Waals surface area contributed by atoms with E-state index in [1.165, 1.54) is 0 Å². The topological polar surface area (TPSA) is 64.9 Å². The minimum atomic E-state index is -0.140. The summed E-state index contributed by atoms with van der Waals surface area (Å²) in [5.74, 6) is 2.70. The van der Waals surface area contributed by atoms with Crippen LogP contribution in [0.4, 0.5) is 5.82 Å². The van der Waals surface area contributed by atoms with Gasteiger partial charge < -0.3 is 10.1 Å². The highest BCUT2D eigenvalue weighted by molar-refractivity contribution is 5.40. The van der Waals surface area contributed by atoms with Gasteiger partial charge in [0.2, 0.25) is 5.88 Å². The van der Waals surface area contributed by atoms with Crippen molar-refractivity contribution in [3.8, 4) is 11.6 Å². The first-order valence-electron chi connectivity index (χ1n) is 6.68. The molecular formula is C14H21N5O. The molecule has 20 heavy (non-hydrogen) atoms. The van der Waals surface area contributed by atoms with E-state index in [0.717, 1.165) is 18.2 Å². The van der Waals surface area contributed by atoms with Crippen LogP contribution in [-0.4, -0.2) is 26.3 Å². The first kappa shape index (κ1) is 14.3. The number of nitrogens with one attached hydrogen (secondary N) is 1. The Kier molecular flexibility index (Phi) is 3.92. The molecule has 0 aromatic carbocycles. The lowest BCUT2D eigenvalue weighted by molar-refractivity contribution is 0.446. The number of hydrogen-bond donors (Lipinski definition) is 1. The number of nitrogens with zero attached hydrogens (tertiary/aromatic N) is 4. The largest absolute Gasteiger partial charge is 0.436 e. The van der Waals surface area contributed by atoms with Crippen molar-refractivity contribution in [3.05, 3.63) is 24.3 Å². The minimum Gasteiger partial charge on any atom is -0.436 e. The van der Waals surface area contributed by atoms with Crippen molar-refractivity contribution in [1.82, 2.24) is 19.7 Å². The maximum atomic E-state index is 5.75. The third-order valence-electron chi connectivity index (χ3n) is 2.63. The Morgan fingerprint density at radius 3 is 2.60 bits per heavy atom. The molecule has 6 nitrogen and oxygen atoms in total. The minimum absolute atomic E-state index is 0.140. The summed E-state index contributed by atoms with van der Waals surface area (Å²) in [4.78, 5) is 9.00. The first-order chi connectivity index (χ1) is 9.38. The highest BCUT2D eigenvalue weighted by atomic mass is 16.5. The van der Waals surface area contributed by atoms with Crippen LogP contribution in [0.15, 0.2) is 18.5 Å². The van der Waals surface area contributed by atoms with Crippen LogP contribution in [0.2, 0.25) is 0 Å². The molecule has 108 valence electrons. The van der Waals surface area contributed by atoms with Gasteiger partial charge in [0.05, 0.1) is 12.4 Å². The fraction of sp³-hybridized carbons (Fsp3) is 0.500. The molecule has 2 aromatic rings. The second kappa shape index (κ2) is 5.48. The zero-order valence-corrected chi connectivity index (χ0v) is 12.6. The van der Waals surface area contributed by atoms with Crippen molar-refractivity contribution in [1.29, 1.82) is 0 Å². The van der Waals surface area contributed by atoms with Gasteiger partial charge in [0.1, 0.15) is 11.6 Å². The van der Waals surface area contributed by atoms with Crippen LogP contribution in [0.3, 0.4) is 0 Å². The van der Waals surface area contributed by atoms with Crippen molar-refractivity contribution in [2.75, 3.05) is 11.9 Å².